The third-order valence-corrected chi connectivity index (χ3v) is 7.98. The van der Waals surface area contributed by atoms with Gasteiger partial charge in [-0.05, 0) is 48.9 Å². The lowest BCUT2D eigenvalue weighted by molar-refractivity contribution is -0.300. The number of benzene rings is 3. The number of allylic oxidation sites excluding steroid dienone is 2. The molecular weight excluding hydrogens is 600 g/mol. The molecule has 3 aromatic carbocycles. The van der Waals surface area contributed by atoms with Crippen LogP contribution in [0.1, 0.15) is 34.3 Å². The van der Waals surface area contributed by atoms with Crippen molar-refractivity contribution >= 4 is 17.9 Å². The van der Waals surface area contributed by atoms with Gasteiger partial charge in [-0.2, -0.15) is 0 Å². The zero-order valence-electron chi connectivity index (χ0n) is 26.5. The smallest absolute Gasteiger partial charge is 0.338 e. The van der Waals surface area contributed by atoms with Crippen molar-refractivity contribution in [1.82, 2.24) is 0 Å². The Hall–Kier alpha value is -4.57. The van der Waals surface area contributed by atoms with E-state index in [1.54, 1.807) is 42.5 Å². The fourth-order valence-electron chi connectivity index (χ4n) is 5.57. The van der Waals surface area contributed by atoms with Gasteiger partial charge in [-0.25, -0.2) is 4.79 Å². The van der Waals surface area contributed by atoms with Gasteiger partial charge < -0.3 is 28.8 Å². The Morgan fingerprint density at radius 3 is 1.64 bits per heavy atom. The van der Waals surface area contributed by atoms with Gasteiger partial charge >= 0.3 is 17.9 Å². The number of aliphatic hydroxyl groups excluding tert-OH is 1. The summed E-state index contributed by atoms with van der Waals surface area (Å²) in [6.07, 6.45) is -1.95. The van der Waals surface area contributed by atoms with Crippen LogP contribution in [0.15, 0.2) is 116 Å². The van der Waals surface area contributed by atoms with Gasteiger partial charge in [-0.3, -0.25) is 9.59 Å². The lowest BCUT2D eigenvalue weighted by Gasteiger charge is -2.44. The van der Waals surface area contributed by atoms with Crippen LogP contribution in [0.2, 0.25) is 0 Å². The minimum Gasteiger partial charge on any atom is -0.455 e. The maximum atomic E-state index is 13.9. The van der Waals surface area contributed by atoms with Crippen molar-refractivity contribution in [3.8, 4) is 0 Å². The third kappa shape index (κ3) is 9.71. The first-order chi connectivity index (χ1) is 22.9. The normalized spacial score (nSPS) is 21.9. The third-order valence-electron chi connectivity index (χ3n) is 7.98. The summed E-state index contributed by atoms with van der Waals surface area (Å²) in [6, 6.07) is 27.2. The van der Waals surface area contributed by atoms with Crippen LogP contribution in [0.25, 0.3) is 0 Å². The van der Waals surface area contributed by atoms with Gasteiger partial charge in [0.15, 0.2) is 24.6 Å². The number of esters is 3. The molecule has 0 radical (unpaired) electrons. The molecule has 3 aromatic rings. The molecule has 1 saturated heterocycles. The van der Waals surface area contributed by atoms with Crippen molar-refractivity contribution in [1.29, 1.82) is 0 Å². The van der Waals surface area contributed by atoms with E-state index in [1.165, 1.54) is 7.11 Å². The SMILES string of the molecule is C=CC[C@H](Cc1ccccc1)C(=O)O[C@@H]1[C@@H](OC(=O)c2ccccc2)[C@@H](OC)O[C@H](CO)[C@H]1OC(=O)[C@H](CC=C)Cc1ccccc1. The van der Waals surface area contributed by atoms with E-state index < -0.39 is 67.1 Å². The predicted octanol–water partition coefficient (Wildman–Crippen LogP) is 5.27. The minimum absolute atomic E-state index is 0.243. The largest absolute Gasteiger partial charge is 0.455 e. The molecule has 0 aromatic heterocycles. The molecule has 1 fully saturated rings. The monoisotopic (exact) mass is 642 g/mol. The van der Waals surface area contributed by atoms with Crippen molar-refractivity contribution in [3.05, 3.63) is 133 Å². The van der Waals surface area contributed by atoms with E-state index >= 15 is 0 Å². The highest BCUT2D eigenvalue weighted by molar-refractivity contribution is 5.89. The van der Waals surface area contributed by atoms with E-state index in [-0.39, 0.29) is 5.56 Å². The maximum absolute atomic E-state index is 13.9. The van der Waals surface area contributed by atoms with Crippen molar-refractivity contribution < 1.29 is 43.2 Å². The van der Waals surface area contributed by atoms with Crippen LogP contribution in [0, 0.1) is 11.8 Å². The van der Waals surface area contributed by atoms with Gasteiger partial charge in [-0.1, -0.05) is 91.0 Å². The van der Waals surface area contributed by atoms with Gasteiger partial charge in [-0.15, -0.1) is 13.2 Å². The first-order valence-electron chi connectivity index (χ1n) is 15.6. The average Bonchev–Trinajstić information content (AvgIpc) is 3.10. The summed E-state index contributed by atoms with van der Waals surface area (Å²) in [7, 11) is 1.34. The van der Waals surface area contributed by atoms with E-state index in [4.69, 9.17) is 23.7 Å². The molecule has 0 unspecified atom stereocenters. The minimum atomic E-state index is -1.39. The van der Waals surface area contributed by atoms with Crippen molar-refractivity contribution in [2.45, 2.75) is 56.4 Å². The lowest BCUT2D eigenvalue weighted by Crippen LogP contribution is -2.63. The summed E-state index contributed by atoms with van der Waals surface area (Å²) in [5.41, 5.74) is 2.07. The fraction of sp³-hybridized carbons (Fsp3) is 0.342. The highest BCUT2D eigenvalue weighted by Crippen LogP contribution is 2.32. The standard InChI is InChI=1S/C38H42O9/c1-4-15-29(23-26-17-9-6-10-18-26)36(41)45-32-31(25-39)44-38(43-3)34(47-35(40)28-21-13-8-14-22-28)33(32)46-37(42)30(16-5-2)24-27-19-11-7-12-20-27/h4-14,17-22,29-34,38-39H,1-2,15-16,23-25H2,3H3/t29-,30-,31-,32-,33+,34-,38+/m1/s1. The Morgan fingerprint density at radius 2 is 1.19 bits per heavy atom. The van der Waals surface area contributed by atoms with E-state index in [2.05, 4.69) is 13.2 Å². The van der Waals surface area contributed by atoms with Crippen LogP contribution in [0.5, 0.6) is 0 Å². The average molecular weight is 643 g/mol. The van der Waals surface area contributed by atoms with Crippen LogP contribution in [-0.4, -0.2) is 67.4 Å². The van der Waals surface area contributed by atoms with Gasteiger partial charge in [0.25, 0.3) is 0 Å². The molecule has 9 nitrogen and oxygen atoms in total. The zero-order chi connectivity index (χ0) is 33.6. The van der Waals surface area contributed by atoms with Crippen molar-refractivity contribution in [2.24, 2.45) is 11.8 Å². The second kappa shape index (κ2) is 17.9. The Balaban J connectivity index is 1.68. The molecule has 47 heavy (non-hydrogen) atoms. The molecule has 0 spiro atoms. The van der Waals surface area contributed by atoms with E-state index in [0.717, 1.165) is 11.1 Å². The molecule has 7 atom stereocenters. The maximum Gasteiger partial charge on any atom is 0.338 e. The molecule has 9 heteroatoms. The summed E-state index contributed by atoms with van der Waals surface area (Å²) in [5, 5.41) is 10.4. The molecule has 1 N–H and O–H groups in total. The molecule has 0 aliphatic carbocycles. The number of carbonyl (C=O) groups is 3. The van der Waals surface area contributed by atoms with Crippen molar-refractivity contribution in [2.75, 3.05) is 13.7 Å². The first kappa shape index (κ1) is 35.3. The quantitative estimate of drug-likeness (QED) is 0.127. The Morgan fingerprint density at radius 1 is 0.723 bits per heavy atom. The van der Waals surface area contributed by atoms with Gasteiger partial charge in [0.2, 0.25) is 0 Å². The fourth-order valence-corrected chi connectivity index (χ4v) is 5.57. The molecule has 0 bridgehead atoms. The lowest BCUT2D eigenvalue weighted by atomic mass is 9.94. The van der Waals surface area contributed by atoms with Gasteiger partial charge in [0.05, 0.1) is 24.0 Å². The zero-order valence-corrected chi connectivity index (χ0v) is 26.5. The molecule has 1 heterocycles. The number of rotatable bonds is 16. The van der Waals surface area contributed by atoms with E-state index in [0.29, 0.717) is 25.7 Å². The number of aliphatic hydroxyl groups is 1. The van der Waals surface area contributed by atoms with E-state index in [9.17, 15) is 19.5 Å². The molecular formula is C38H42O9. The molecule has 0 amide bonds. The van der Waals surface area contributed by atoms with Crippen LogP contribution < -0.4 is 0 Å². The predicted molar refractivity (Wildman–Crippen MR) is 175 cm³/mol. The molecule has 4 rings (SSSR count). The van der Waals surface area contributed by atoms with Gasteiger partial charge in [0, 0.05) is 7.11 Å². The van der Waals surface area contributed by atoms with Gasteiger partial charge in [0.1, 0.15) is 6.10 Å². The Labute approximate surface area is 275 Å². The second-order valence-electron chi connectivity index (χ2n) is 11.3. The van der Waals surface area contributed by atoms with E-state index in [1.807, 2.05) is 60.7 Å². The second-order valence-corrected chi connectivity index (χ2v) is 11.3. The van der Waals surface area contributed by atoms with Crippen molar-refractivity contribution in [3.63, 3.8) is 0 Å². The van der Waals surface area contributed by atoms with Crippen LogP contribution in [0.4, 0.5) is 0 Å². The van der Waals surface area contributed by atoms with Crippen LogP contribution >= 0.6 is 0 Å². The summed E-state index contributed by atoms with van der Waals surface area (Å²) in [4.78, 5) is 41.0. The summed E-state index contributed by atoms with van der Waals surface area (Å²) < 4.78 is 29.6. The number of hydrogen-bond acceptors (Lipinski definition) is 9. The topological polar surface area (TPSA) is 118 Å². The summed E-state index contributed by atoms with van der Waals surface area (Å²) >= 11 is 0. The number of carbonyl (C=O) groups excluding carboxylic acids is 3. The molecule has 0 saturated carbocycles. The Kier molecular flexibility index (Phi) is 13.5. The van der Waals surface area contributed by atoms with Crippen LogP contribution in [-0.2, 0) is 46.1 Å². The summed E-state index contributed by atoms with van der Waals surface area (Å²) in [5.74, 6) is -3.25. The highest BCUT2D eigenvalue weighted by Gasteiger charge is 2.53. The summed E-state index contributed by atoms with van der Waals surface area (Å²) in [6.45, 7) is 7.01. The highest BCUT2D eigenvalue weighted by atomic mass is 16.7. The van der Waals surface area contributed by atoms with Crippen LogP contribution in [0.3, 0.4) is 0 Å². The number of methoxy groups -OCH3 is 1. The first-order valence-corrected chi connectivity index (χ1v) is 15.6. The number of hydrogen-bond donors (Lipinski definition) is 1. The number of ether oxygens (including phenoxy) is 5. The molecule has 1 aliphatic heterocycles. The molecule has 1 aliphatic rings. The Bertz CT molecular complexity index is 1440. The molecule has 248 valence electrons.